The Morgan fingerprint density at radius 2 is 1.72 bits per heavy atom. The molecule has 29 heavy (non-hydrogen) atoms. The van der Waals surface area contributed by atoms with Crippen LogP contribution in [0.4, 0.5) is 14.5 Å². The molecule has 2 rings (SSSR count). The maximum Gasteiger partial charge on any atom is 0.387 e. The van der Waals surface area contributed by atoms with Gasteiger partial charge in [0.1, 0.15) is 10.6 Å². The number of hydrogen-bond donors (Lipinski definition) is 2. The molecule has 0 fully saturated rings. The molecule has 0 saturated heterocycles. The van der Waals surface area contributed by atoms with Crippen molar-refractivity contribution in [2.45, 2.75) is 37.8 Å². The number of ether oxygens (including phenoxy) is 1. The number of sulfonamides is 1. The van der Waals surface area contributed by atoms with E-state index in [2.05, 4.69) is 14.8 Å². The summed E-state index contributed by atoms with van der Waals surface area (Å²) in [6.07, 6.45) is 0. The maximum absolute atomic E-state index is 12.6. The van der Waals surface area contributed by atoms with Crippen LogP contribution in [-0.4, -0.2) is 26.5 Å². The number of hydrogen-bond acceptors (Lipinski definition) is 4. The topological polar surface area (TPSA) is 84.5 Å². The third kappa shape index (κ3) is 6.53. The van der Waals surface area contributed by atoms with E-state index in [-0.39, 0.29) is 31.9 Å². The lowest BCUT2D eigenvalue weighted by molar-refractivity contribution is -0.0497. The van der Waals surface area contributed by atoms with E-state index in [1.54, 1.807) is 20.8 Å². The van der Waals surface area contributed by atoms with Gasteiger partial charge in [0.25, 0.3) is 5.91 Å². The number of amides is 1. The number of benzene rings is 2. The van der Waals surface area contributed by atoms with Crippen molar-refractivity contribution in [3.63, 3.8) is 0 Å². The van der Waals surface area contributed by atoms with Crippen molar-refractivity contribution in [2.75, 3.05) is 5.32 Å². The van der Waals surface area contributed by atoms with Crippen LogP contribution < -0.4 is 14.8 Å². The Balaban J connectivity index is 2.27. The zero-order chi connectivity index (χ0) is 22.0. The van der Waals surface area contributed by atoms with Gasteiger partial charge in [0.05, 0.1) is 10.0 Å². The van der Waals surface area contributed by atoms with Gasteiger partial charge >= 0.3 is 6.61 Å². The lowest BCUT2D eigenvalue weighted by atomic mass is 10.1. The maximum atomic E-state index is 12.6. The summed E-state index contributed by atoms with van der Waals surface area (Å²) in [4.78, 5) is 12.3. The first-order valence-electron chi connectivity index (χ1n) is 8.18. The molecular weight excluding hydrogens is 449 g/mol. The van der Waals surface area contributed by atoms with E-state index in [4.69, 9.17) is 23.2 Å². The second-order valence-electron chi connectivity index (χ2n) is 6.98. The Kier molecular flexibility index (Phi) is 7.10. The molecular formula is C18H18Cl2F2N2O4S. The van der Waals surface area contributed by atoms with Crippen LogP contribution in [0.2, 0.25) is 10.0 Å². The summed E-state index contributed by atoms with van der Waals surface area (Å²) < 4.78 is 56.4. The molecule has 0 aliphatic rings. The third-order valence-corrected chi connectivity index (χ3v) is 5.86. The molecule has 2 aromatic carbocycles. The molecule has 1 amide bonds. The minimum atomic E-state index is -3.97. The first-order chi connectivity index (χ1) is 13.3. The molecule has 0 aromatic heterocycles. The standard InChI is InChI=1S/C18H18Cl2F2N2O4S/c1-18(2,3)24-29(26,27)15-8-10(4-6-12(15)19)16(25)23-11-5-7-14(13(20)9-11)28-17(21)22/h4-9,17,24H,1-3H3,(H,23,25). The van der Waals surface area contributed by atoms with Gasteiger partial charge in [-0.2, -0.15) is 8.78 Å². The van der Waals surface area contributed by atoms with E-state index < -0.39 is 28.1 Å². The lowest BCUT2D eigenvalue weighted by Crippen LogP contribution is -2.40. The zero-order valence-corrected chi connectivity index (χ0v) is 17.9. The molecule has 158 valence electrons. The smallest absolute Gasteiger partial charge is 0.387 e. The summed E-state index contributed by atoms with van der Waals surface area (Å²) in [5.41, 5.74) is -0.527. The van der Waals surface area contributed by atoms with Gasteiger partial charge in [-0.3, -0.25) is 4.79 Å². The predicted octanol–water partition coefficient (Wildman–Crippen LogP) is 4.92. The summed E-state index contributed by atoms with van der Waals surface area (Å²) in [7, 11) is -3.97. The molecule has 0 unspecified atom stereocenters. The fraction of sp³-hybridized carbons (Fsp3) is 0.278. The number of anilines is 1. The van der Waals surface area contributed by atoms with Crippen LogP contribution in [0.25, 0.3) is 0 Å². The molecule has 0 radical (unpaired) electrons. The minimum absolute atomic E-state index is 0.0210. The van der Waals surface area contributed by atoms with Crippen LogP contribution in [0.5, 0.6) is 5.75 Å². The number of rotatable bonds is 6. The number of carbonyl (C=O) groups is 1. The highest BCUT2D eigenvalue weighted by Gasteiger charge is 2.25. The Bertz CT molecular complexity index is 1030. The number of nitrogens with one attached hydrogen (secondary N) is 2. The Labute approximate surface area is 177 Å². The zero-order valence-electron chi connectivity index (χ0n) is 15.6. The van der Waals surface area contributed by atoms with Gasteiger partial charge in [-0.25, -0.2) is 13.1 Å². The van der Waals surface area contributed by atoms with Crippen LogP contribution >= 0.6 is 23.2 Å². The van der Waals surface area contributed by atoms with Gasteiger partial charge in [0.2, 0.25) is 10.0 Å². The van der Waals surface area contributed by atoms with E-state index in [1.165, 1.54) is 30.3 Å². The molecule has 0 saturated carbocycles. The average molecular weight is 467 g/mol. The van der Waals surface area contributed by atoms with Gasteiger partial charge < -0.3 is 10.1 Å². The molecule has 11 heteroatoms. The number of halogens is 4. The van der Waals surface area contributed by atoms with Crippen molar-refractivity contribution in [3.8, 4) is 5.75 Å². The molecule has 6 nitrogen and oxygen atoms in total. The van der Waals surface area contributed by atoms with Crippen molar-refractivity contribution in [1.82, 2.24) is 4.72 Å². The van der Waals surface area contributed by atoms with Crippen molar-refractivity contribution >= 4 is 44.8 Å². The highest BCUT2D eigenvalue weighted by atomic mass is 35.5. The number of alkyl halides is 2. The highest BCUT2D eigenvalue weighted by molar-refractivity contribution is 7.89. The van der Waals surface area contributed by atoms with Crippen LogP contribution in [0, 0.1) is 0 Å². The first kappa shape index (κ1) is 23.3. The van der Waals surface area contributed by atoms with Crippen LogP contribution in [0.1, 0.15) is 31.1 Å². The lowest BCUT2D eigenvalue weighted by Gasteiger charge is -2.21. The fourth-order valence-corrected chi connectivity index (χ4v) is 4.45. The van der Waals surface area contributed by atoms with E-state index in [9.17, 15) is 22.0 Å². The normalized spacial score (nSPS) is 12.1. The molecule has 0 atom stereocenters. The van der Waals surface area contributed by atoms with Gasteiger partial charge in [0, 0.05) is 16.8 Å². The second-order valence-corrected chi connectivity index (χ2v) is 9.44. The highest BCUT2D eigenvalue weighted by Crippen LogP contribution is 2.29. The molecule has 2 aromatic rings. The summed E-state index contributed by atoms with van der Waals surface area (Å²) in [5.74, 6) is -0.889. The quantitative estimate of drug-likeness (QED) is 0.632. The molecule has 2 N–H and O–H groups in total. The molecule has 0 aliphatic heterocycles. The summed E-state index contributed by atoms with van der Waals surface area (Å²) in [6, 6.07) is 7.50. The van der Waals surface area contributed by atoms with Gasteiger partial charge in [-0.1, -0.05) is 23.2 Å². The van der Waals surface area contributed by atoms with Crippen molar-refractivity contribution in [3.05, 3.63) is 52.0 Å². The van der Waals surface area contributed by atoms with E-state index in [1.807, 2.05) is 0 Å². The van der Waals surface area contributed by atoms with Crippen molar-refractivity contribution < 1.29 is 26.7 Å². The fourth-order valence-electron chi connectivity index (χ4n) is 2.28. The van der Waals surface area contributed by atoms with Gasteiger partial charge in [0.15, 0.2) is 0 Å². The first-order valence-corrected chi connectivity index (χ1v) is 10.4. The Morgan fingerprint density at radius 1 is 1.07 bits per heavy atom. The summed E-state index contributed by atoms with van der Waals surface area (Å²) in [6.45, 7) is 1.96. The SMILES string of the molecule is CC(C)(C)NS(=O)(=O)c1cc(C(=O)Nc2ccc(OC(F)F)c(Cl)c2)ccc1Cl. The van der Waals surface area contributed by atoms with Crippen LogP contribution in [-0.2, 0) is 10.0 Å². The van der Waals surface area contributed by atoms with Gasteiger partial charge in [-0.05, 0) is 57.2 Å². The van der Waals surface area contributed by atoms with Crippen LogP contribution in [0.3, 0.4) is 0 Å². The van der Waals surface area contributed by atoms with Gasteiger partial charge in [-0.15, -0.1) is 0 Å². The minimum Gasteiger partial charge on any atom is -0.433 e. The monoisotopic (exact) mass is 466 g/mol. The predicted molar refractivity (Wildman–Crippen MR) is 108 cm³/mol. The summed E-state index contributed by atoms with van der Waals surface area (Å²) >= 11 is 11.9. The van der Waals surface area contributed by atoms with E-state index in [0.29, 0.717) is 0 Å². The second kappa shape index (κ2) is 8.83. The molecule has 0 spiro atoms. The van der Waals surface area contributed by atoms with E-state index in [0.717, 1.165) is 6.07 Å². The third-order valence-electron chi connectivity index (χ3n) is 3.33. The molecule has 0 heterocycles. The van der Waals surface area contributed by atoms with E-state index >= 15 is 0 Å². The molecule has 0 aliphatic carbocycles. The van der Waals surface area contributed by atoms with Crippen molar-refractivity contribution in [1.29, 1.82) is 0 Å². The molecule has 0 bridgehead atoms. The van der Waals surface area contributed by atoms with Crippen molar-refractivity contribution in [2.24, 2.45) is 0 Å². The average Bonchev–Trinajstić information content (AvgIpc) is 2.55. The largest absolute Gasteiger partial charge is 0.433 e. The summed E-state index contributed by atoms with van der Waals surface area (Å²) in [5, 5.41) is 2.33. The Hall–Kier alpha value is -1.94. The Morgan fingerprint density at radius 3 is 2.28 bits per heavy atom. The van der Waals surface area contributed by atoms with Crippen LogP contribution in [0.15, 0.2) is 41.3 Å². The number of carbonyl (C=O) groups excluding carboxylic acids is 1.